The second kappa shape index (κ2) is 8.30. The number of hydrogen-bond acceptors (Lipinski definition) is 5. The topological polar surface area (TPSA) is 81.7 Å². The first kappa shape index (κ1) is 20.7. The predicted octanol–water partition coefficient (Wildman–Crippen LogP) is 4.72. The van der Waals surface area contributed by atoms with Crippen molar-refractivity contribution in [3.8, 4) is 5.75 Å². The van der Waals surface area contributed by atoms with Gasteiger partial charge in [-0.3, -0.25) is 4.79 Å². The molecule has 160 valence electrons. The molecule has 0 atom stereocenters. The molecule has 2 aromatic heterocycles. The monoisotopic (exact) mass is 419 g/mol. The zero-order valence-electron chi connectivity index (χ0n) is 18.1. The van der Waals surface area contributed by atoms with E-state index in [1.807, 2.05) is 51.1 Å². The molecular formula is C25H25NO5. The Bertz CT molecular complexity index is 1350. The summed E-state index contributed by atoms with van der Waals surface area (Å²) in [5.41, 5.74) is 4.96. The van der Waals surface area contributed by atoms with Crippen molar-refractivity contribution in [2.45, 2.75) is 40.2 Å². The van der Waals surface area contributed by atoms with Crippen molar-refractivity contribution in [2.24, 2.45) is 0 Å². The van der Waals surface area contributed by atoms with Gasteiger partial charge in [-0.25, -0.2) is 4.79 Å². The zero-order valence-corrected chi connectivity index (χ0v) is 18.1. The van der Waals surface area contributed by atoms with Crippen LogP contribution in [0.15, 0.2) is 50.2 Å². The Morgan fingerprint density at radius 1 is 1.06 bits per heavy atom. The number of furan rings is 1. The highest BCUT2D eigenvalue weighted by Crippen LogP contribution is 2.32. The van der Waals surface area contributed by atoms with Crippen LogP contribution in [0, 0.1) is 20.8 Å². The zero-order chi connectivity index (χ0) is 22.1. The molecule has 2 heterocycles. The number of ether oxygens (including phenoxy) is 1. The van der Waals surface area contributed by atoms with Gasteiger partial charge in [0.1, 0.15) is 16.9 Å². The van der Waals surface area contributed by atoms with Crippen LogP contribution in [-0.4, -0.2) is 13.0 Å². The summed E-state index contributed by atoms with van der Waals surface area (Å²) < 4.78 is 16.6. The van der Waals surface area contributed by atoms with Crippen molar-refractivity contribution in [1.29, 1.82) is 0 Å². The van der Waals surface area contributed by atoms with E-state index in [9.17, 15) is 9.59 Å². The molecule has 6 heteroatoms. The Hall–Kier alpha value is -3.54. The minimum absolute atomic E-state index is 0.137. The van der Waals surface area contributed by atoms with Crippen molar-refractivity contribution in [3.05, 3.63) is 74.8 Å². The average molecular weight is 419 g/mol. The minimum atomic E-state index is -0.409. The second-order valence-electron chi connectivity index (χ2n) is 7.76. The lowest BCUT2D eigenvalue weighted by atomic mass is 9.98. The molecule has 0 saturated heterocycles. The fourth-order valence-corrected chi connectivity index (χ4v) is 3.98. The first-order chi connectivity index (χ1) is 14.9. The van der Waals surface area contributed by atoms with Crippen LogP contribution >= 0.6 is 0 Å². The van der Waals surface area contributed by atoms with Crippen molar-refractivity contribution in [1.82, 2.24) is 5.32 Å². The molecule has 0 aliphatic heterocycles. The van der Waals surface area contributed by atoms with Gasteiger partial charge in [-0.1, -0.05) is 18.2 Å². The van der Waals surface area contributed by atoms with E-state index in [0.29, 0.717) is 24.1 Å². The number of aryl methyl sites for hydroxylation is 3. The van der Waals surface area contributed by atoms with Gasteiger partial charge in [-0.2, -0.15) is 0 Å². The molecule has 0 saturated carbocycles. The Labute approximate surface area is 179 Å². The van der Waals surface area contributed by atoms with Crippen LogP contribution in [0.2, 0.25) is 0 Å². The van der Waals surface area contributed by atoms with Crippen LogP contribution in [0.5, 0.6) is 5.75 Å². The number of rotatable bonds is 6. The maximum absolute atomic E-state index is 12.7. The number of benzene rings is 2. The molecule has 0 fully saturated rings. The summed E-state index contributed by atoms with van der Waals surface area (Å²) in [5.74, 6) is 0.590. The van der Waals surface area contributed by atoms with E-state index in [1.165, 1.54) is 0 Å². The summed E-state index contributed by atoms with van der Waals surface area (Å²) >= 11 is 0. The number of carbonyl (C=O) groups is 1. The molecule has 0 spiro atoms. The normalized spacial score (nSPS) is 11.2. The smallest absolute Gasteiger partial charge is 0.339 e. The van der Waals surface area contributed by atoms with Gasteiger partial charge >= 0.3 is 5.63 Å². The lowest BCUT2D eigenvalue weighted by molar-refractivity contribution is -0.121. The van der Waals surface area contributed by atoms with E-state index in [-0.39, 0.29) is 12.3 Å². The van der Waals surface area contributed by atoms with Crippen LogP contribution in [0.1, 0.15) is 34.2 Å². The van der Waals surface area contributed by atoms with Gasteiger partial charge in [0.05, 0.1) is 13.4 Å². The number of nitrogens with one attached hydrogen (secondary N) is 1. The number of carbonyl (C=O) groups excluding carboxylic acids is 1. The molecule has 6 nitrogen and oxygen atoms in total. The highest BCUT2D eigenvalue weighted by atomic mass is 16.5. The number of methoxy groups -OCH3 is 1. The summed E-state index contributed by atoms with van der Waals surface area (Å²) in [4.78, 5) is 25.1. The van der Waals surface area contributed by atoms with Crippen molar-refractivity contribution in [3.63, 3.8) is 0 Å². The Balaban J connectivity index is 1.55. The maximum Gasteiger partial charge on any atom is 0.339 e. The van der Waals surface area contributed by atoms with E-state index in [2.05, 4.69) is 5.32 Å². The van der Waals surface area contributed by atoms with Crippen LogP contribution in [0.3, 0.4) is 0 Å². The molecule has 31 heavy (non-hydrogen) atoms. The molecule has 0 bridgehead atoms. The third-order valence-electron chi connectivity index (χ3n) is 5.81. The van der Waals surface area contributed by atoms with Crippen molar-refractivity contribution >= 4 is 27.8 Å². The molecule has 0 aliphatic rings. The minimum Gasteiger partial charge on any atom is -0.496 e. The first-order valence-electron chi connectivity index (χ1n) is 10.2. The quantitative estimate of drug-likeness (QED) is 0.457. The SMILES string of the molecule is COc1ccccc1CNC(=O)CCc1c(C)c2cc3c(C)coc3c(C)c2oc1=O. The Morgan fingerprint density at radius 3 is 2.61 bits per heavy atom. The highest BCUT2D eigenvalue weighted by molar-refractivity contribution is 5.99. The van der Waals surface area contributed by atoms with Crippen LogP contribution in [0.25, 0.3) is 21.9 Å². The predicted molar refractivity (Wildman–Crippen MR) is 120 cm³/mol. The molecule has 1 N–H and O–H groups in total. The summed E-state index contributed by atoms with van der Waals surface area (Å²) in [5, 5.41) is 4.77. The van der Waals surface area contributed by atoms with Gasteiger partial charge in [-0.15, -0.1) is 0 Å². The van der Waals surface area contributed by atoms with Gasteiger partial charge in [-0.05, 0) is 50.5 Å². The van der Waals surface area contributed by atoms with E-state index >= 15 is 0 Å². The molecule has 2 aromatic carbocycles. The van der Waals surface area contributed by atoms with Crippen LogP contribution in [-0.2, 0) is 17.8 Å². The summed E-state index contributed by atoms with van der Waals surface area (Å²) in [6.07, 6.45) is 2.21. The third kappa shape index (κ3) is 3.81. The van der Waals surface area contributed by atoms with E-state index in [0.717, 1.165) is 44.4 Å². The van der Waals surface area contributed by atoms with Crippen molar-refractivity contribution in [2.75, 3.05) is 7.11 Å². The number of fused-ring (bicyclic) bond motifs is 2. The Morgan fingerprint density at radius 2 is 1.84 bits per heavy atom. The lowest BCUT2D eigenvalue weighted by Crippen LogP contribution is -2.24. The maximum atomic E-state index is 12.7. The van der Waals surface area contributed by atoms with Gasteiger partial charge in [0, 0.05) is 40.4 Å². The standard InChI is InChI=1S/C25H25NO5/c1-14-13-30-23-16(3)24-20(11-19(14)23)15(2)18(25(28)31-24)9-10-22(27)26-12-17-7-5-6-8-21(17)29-4/h5-8,11,13H,9-10,12H2,1-4H3,(H,26,27). The van der Waals surface area contributed by atoms with Crippen molar-refractivity contribution < 1.29 is 18.4 Å². The van der Waals surface area contributed by atoms with Gasteiger partial charge in [0.2, 0.25) is 5.91 Å². The summed E-state index contributed by atoms with van der Waals surface area (Å²) in [6, 6.07) is 9.54. The molecule has 1 amide bonds. The molecule has 0 aliphatic carbocycles. The molecule has 0 radical (unpaired) electrons. The van der Waals surface area contributed by atoms with Gasteiger partial charge in [0.15, 0.2) is 0 Å². The summed E-state index contributed by atoms with van der Waals surface area (Å²) in [6.45, 7) is 6.15. The van der Waals surface area contributed by atoms with E-state index in [1.54, 1.807) is 13.4 Å². The van der Waals surface area contributed by atoms with Crippen LogP contribution < -0.4 is 15.7 Å². The molecule has 4 rings (SSSR count). The van der Waals surface area contributed by atoms with E-state index < -0.39 is 5.63 Å². The van der Waals surface area contributed by atoms with Gasteiger partial charge in [0.25, 0.3) is 0 Å². The van der Waals surface area contributed by atoms with Crippen LogP contribution in [0.4, 0.5) is 0 Å². The molecule has 0 unspecified atom stereocenters. The molecular weight excluding hydrogens is 394 g/mol. The first-order valence-corrected chi connectivity index (χ1v) is 10.2. The number of amides is 1. The lowest BCUT2D eigenvalue weighted by Gasteiger charge is -2.11. The third-order valence-corrected chi connectivity index (χ3v) is 5.81. The van der Waals surface area contributed by atoms with Gasteiger partial charge < -0.3 is 18.9 Å². The fourth-order valence-electron chi connectivity index (χ4n) is 3.98. The number of para-hydroxylation sites is 1. The average Bonchev–Trinajstić information content (AvgIpc) is 3.14. The summed E-state index contributed by atoms with van der Waals surface area (Å²) in [7, 11) is 1.60. The highest BCUT2D eigenvalue weighted by Gasteiger charge is 2.18. The van der Waals surface area contributed by atoms with E-state index in [4.69, 9.17) is 13.6 Å². The number of hydrogen-bond donors (Lipinski definition) is 1. The Kier molecular flexibility index (Phi) is 5.55. The fraction of sp³-hybridized carbons (Fsp3) is 0.280. The second-order valence-corrected chi connectivity index (χ2v) is 7.76. The largest absolute Gasteiger partial charge is 0.496 e. The molecule has 4 aromatic rings.